The van der Waals surface area contributed by atoms with Gasteiger partial charge in [0.05, 0.1) is 10.6 Å². The minimum atomic E-state index is -0.0190. The molecule has 2 aromatic carbocycles. The molecule has 1 N–H and O–H groups in total. The summed E-state index contributed by atoms with van der Waals surface area (Å²) in [5.74, 6) is 2.39. The Hall–Kier alpha value is -1.14. The predicted octanol–water partition coefficient (Wildman–Crippen LogP) is 5.39. The van der Waals surface area contributed by atoms with E-state index in [9.17, 15) is 4.79 Å². The molecule has 0 aliphatic carbocycles. The number of benzene rings is 2. The largest absolute Gasteiger partial charge is 0.350 e. The molecule has 148 valence electrons. The van der Waals surface area contributed by atoms with E-state index in [1.807, 2.05) is 53.9 Å². The number of likely N-dealkylation sites (tertiary alicyclic amines) is 1. The van der Waals surface area contributed by atoms with Gasteiger partial charge in [-0.15, -0.1) is 23.5 Å². The molecule has 1 amide bonds. The van der Waals surface area contributed by atoms with Crippen LogP contribution in [-0.2, 0) is 0 Å². The summed E-state index contributed by atoms with van der Waals surface area (Å²) in [4.78, 5) is 15.2. The highest BCUT2D eigenvalue weighted by atomic mass is 35.5. The molecule has 4 rings (SSSR count). The molecule has 0 radical (unpaired) electrons. The second kappa shape index (κ2) is 9.57. The molecule has 1 atom stereocenters. The Morgan fingerprint density at radius 2 is 1.75 bits per heavy atom. The van der Waals surface area contributed by atoms with Crippen LogP contribution in [0.5, 0.6) is 0 Å². The van der Waals surface area contributed by atoms with E-state index in [0.717, 1.165) is 29.2 Å². The molecule has 0 saturated carbocycles. The SMILES string of the molecule is O=C(NCC(c1ccccc1Cl)N1CCCC1)c1ccc(C2SCCS2)cc1. The molecule has 0 spiro atoms. The summed E-state index contributed by atoms with van der Waals surface area (Å²) in [6.07, 6.45) is 2.40. The van der Waals surface area contributed by atoms with Gasteiger partial charge in [-0.05, 0) is 55.3 Å². The lowest BCUT2D eigenvalue weighted by atomic mass is 10.0. The third-order valence-corrected chi connectivity index (χ3v) is 8.82. The van der Waals surface area contributed by atoms with Gasteiger partial charge in [-0.2, -0.15) is 0 Å². The Balaban J connectivity index is 1.43. The predicted molar refractivity (Wildman–Crippen MR) is 121 cm³/mol. The summed E-state index contributed by atoms with van der Waals surface area (Å²) in [5.41, 5.74) is 3.11. The zero-order chi connectivity index (χ0) is 19.3. The number of amides is 1. The molecule has 2 aromatic rings. The lowest BCUT2D eigenvalue weighted by Crippen LogP contribution is -2.37. The van der Waals surface area contributed by atoms with Gasteiger partial charge in [0.15, 0.2) is 0 Å². The fourth-order valence-corrected chi connectivity index (χ4v) is 6.99. The number of carbonyl (C=O) groups excluding carboxylic acids is 1. The van der Waals surface area contributed by atoms with Gasteiger partial charge in [0, 0.05) is 28.6 Å². The first-order valence-corrected chi connectivity index (χ1v) is 12.3. The lowest BCUT2D eigenvalue weighted by molar-refractivity contribution is 0.0938. The third kappa shape index (κ3) is 4.70. The molecular formula is C22H25ClN2OS2. The summed E-state index contributed by atoms with van der Waals surface area (Å²) in [6, 6.07) is 16.2. The number of thioether (sulfide) groups is 2. The fourth-order valence-electron chi connectivity index (χ4n) is 3.87. The Morgan fingerprint density at radius 3 is 2.43 bits per heavy atom. The summed E-state index contributed by atoms with van der Waals surface area (Å²) in [6.45, 7) is 2.67. The zero-order valence-electron chi connectivity index (χ0n) is 15.8. The van der Waals surface area contributed by atoms with Gasteiger partial charge >= 0.3 is 0 Å². The summed E-state index contributed by atoms with van der Waals surface area (Å²) in [5, 5.41) is 3.91. The van der Waals surface area contributed by atoms with E-state index in [0.29, 0.717) is 11.1 Å². The van der Waals surface area contributed by atoms with Crippen LogP contribution in [0.3, 0.4) is 0 Å². The maximum absolute atomic E-state index is 12.7. The van der Waals surface area contributed by atoms with E-state index in [4.69, 9.17) is 11.6 Å². The van der Waals surface area contributed by atoms with Crippen molar-refractivity contribution in [3.05, 3.63) is 70.2 Å². The van der Waals surface area contributed by atoms with Gasteiger partial charge in [-0.1, -0.05) is 41.9 Å². The second-order valence-corrected chi connectivity index (χ2v) is 10.3. The smallest absolute Gasteiger partial charge is 0.251 e. The molecule has 2 saturated heterocycles. The lowest BCUT2D eigenvalue weighted by Gasteiger charge is -2.29. The summed E-state index contributed by atoms with van der Waals surface area (Å²) < 4.78 is 0.511. The van der Waals surface area contributed by atoms with Crippen LogP contribution in [0.2, 0.25) is 5.02 Å². The van der Waals surface area contributed by atoms with Crippen molar-refractivity contribution in [3.8, 4) is 0 Å². The minimum absolute atomic E-state index is 0.0190. The van der Waals surface area contributed by atoms with Crippen molar-refractivity contribution in [1.82, 2.24) is 10.2 Å². The molecule has 1 unspecified atom stereocenters. The summed E-state index contributed by atoms with van der Waals surface area (Å²) in [7, 11) is 0. The molecule has 2 aliphatic rings. The van der Waals surface area contributed by atoms with E-state index in [1.54, 1.807) is 0 Å². The Bertz CT molecular complexity index is 802. The maximum atomic E-state index is 12.7. The highest BCUT2D eigenvalue weighted by Gasteiger charge is 2.26. The first kappa shape index (κ1) is 20.1. The Morgan fingerprint density at radius 1 is 1.07 bits per heavy atom. The van der Waals surface area contributed by atoms with Crippen LogP contribution in [0, 0.1) is 0 Å². The number of hydrogen-bond acceptors (Lipinski definition) is 4. The molecule has 3 nitrogen and oxygen atoms in total. The molecule has 0 bridgehead atoms. The van der Waals surface area contributed by atoms with Crippen LogP contribution in [-0.4, -0.2) is 41.9 Å². The third-order valence-electron chi connectivity index (χ3n) is 5.37. The zero-order valence-corrected chi connectivity index (χ0v) is 18.2. The molecule has 2 heterocycles. The number of nitrogens with one attached hydrogen (secondary N) is 1. The highest BCUT2D eigenvalue weighted by molar-refractivity contribution is 8.19. The van der Waals surface area contributed by atoms with Gasteiger partial charge in [-0.25, -0.2) is 0 Å². The number of rotatable bonds is 6. The first-order chi connectivity index (χ1) is 13.7. The first-order valence-electron chi connectivity index (χ1n) is 9.82. The van der Waals surface area contributed by atoms with E-state index < -0.39 is 0 Å². The minimum Gasteiger partial charge on any atom is -0.350 e. The Labute approximate surface area is 180 Å². The molecule has 0 aromatic heterocycles. The van der Waals surface area contributed by atoms with E-state index in [1.165, 1.54) is 29.9 Å². The van der Waals surface area contributed by atoms with E-state index in [2.05, 4.69) is 28.4 Å². The molecule has 2 fully saturated rings. The number of hydrogen-bond donors (Lipinski definition) is 1. The average molecular weight is 433 g/mol. The van der Waals surface area contributed by atoms with Gasteiger partial charge in [0.1, 0.15) is 0 Å². The van der Waals surface area contributed by atoms with Crippen molar-refractivity contribution < 1.29 is 4.79 Å². The molecule has 2 aliphatic heterocycles. The van der Waals surface area contributed by atoms with Crippen molar-refractivity contribution in [1.29, 1.82) is 0 Å². The quantitative estimate of drug-likeness (QED) is 0.663. The van der Waals surface area contributed by atoms with Crippen LogP contribution in [0.15, 0.2) is 48.5 Å². The normalized spacial score (nSPS) is 19.0. The highest BCUT2D eigenvalue weighted by Crippen LogP contribution is 2.45. The topological polar surface area (TPSA) is 32.3 Å². The standard InChI is InChI=1S/C22H25ClN2OS2/c23-19-6-2-1-5-18(19)20(25-11-3-4-12-25)15-24-21(26)16-7-9-17(10-8-16)22-27-13-14-28-22/h1-2,5-10,20,22H,3-4,11-15H2,(H,24,26). The second-order valence-electron chi connectivity index (χ2n) is 7.19. The van der Waals surface area contributed by atoms with Gasteiger partial charge < -0.3 is 5.32 Å². The van der Waals surface area contributed by atoms with Crippen molar-refractivity contribution in [2.75, 3.05) is 31.1 Å². The van der Waals surface area contributed by atoms with Crippen LogP contribution >= 0.6 is 35.1 Å². The van der Waals surface area contributed by atoms with Crippen molar-refractivity contribution in [3.63, 3.8) is 0 Å². The molecular weight excluding hydrogens is 408 g/mol. The number of carbonyl (C=O) groups is 1. The van der Waals surface area contributed by atoms with Crippen LogP contribution < -0.4 is 5.32 Å². The summed E-state index contributed by atoms with van der Waals surface area (Å²) >= 11 is 10.4. The number of halogens is 1. The van der Waals surface area contributed by atoms with Crippen molar-refractivity contribution in [2.45, 2.75) is 23.5 Å². The monoisotopic (exact) mass is 432 g/mol. The van der Waals surface area contributed by atoms with Crippen LogP contribution in [0.25, 0.3) is 0 Å². The average Bonchev–Trinajstić information content (AvgIpc) is 3.44. The van der Waals surface area contributed by atoms with E-state index in [-0.39, 0.29) is 11.9 Å². The Kier molecular flexibility index (Phi) is 6.89. The van der Waals surface area contributed by atoms with E-state index >= 15 is 0 Å². The van der Waals surface area contributed by atoms with Crippen molar-refractivity contribution >= 4 is 41.0 Å². The van der Waals surface area contributed by atoms with Crippen LogP contribution in [0.4, 0.5) is 0 Å². The fraction of sp³-hybridized carbons (Fsp3) is 0.409. The van der Waals surface area contributed by atoms with Gasteiger partial charge in [0.2, 0.25) is 0 Å². The van der Waals surface area contributed by atoms with Crippen LogP contribution in [0.1, 0.15) is 45.0 Å². The molecule has 28 heavy (non-hydrogen) atoms. The molecule has 6 heteroatoms. The maximum Gasteiger partial charge on any atom is 0.251 e. The number of nitrogens with zero attached hydrogens (tertiary/aromatic N) is 1. The van der Waals surface area contributed by atoms with Gasteiger partial charge in [0.25, 0.3) is 5.91 Å². The van der Waals surface area contributed by atoms with Crippen molar-refractivity contribution in [2.24, 2.45) is 0 Å². The van der Waals surface area contributed by atoms with Gasteiger partial charge in [-0.3, -0.25) is 9.69 Å².